The molecule has 0 aromatic heterocycles. The zero-order chi connectivity index (χ0) is 8.55. The second kappa shape index (κ2) is 3.55. The Kier molecular flexibility index (Phi) is 2.62. The molecule has 0 bridgehead atoms. The lowest BCUT2D eigenvalue weighted by molar-refractivity contribution is 1.51. The van der Waals surface area contributed by atoms with Crippen molar-refractivity contribution in [2.45, 2.75) is 0 Å². The summed E-state index contributed by atoms with van der Waals surface area (Å²) in [4.78, 5) is 4.28. The summed E-state index contributed by atoms with van der Waals surface area (Å²) in [6, 6.07) is 5.97. The molecule has 1 aromatic carbocycles. The van der Waals surface area contributed by atoms with Crippen LogP contribution >= 0.6 is 48.3 Å². The molecule has 2 rings (SSSR count). The molecule has 0 radical (unpaired) electrons. The van der Waals surface area contributed by atoms with Crippen molar-refractivity contribution in [3.05, 3.63) is 28.2 Å². The SMILES string of the molecule is ClC1=IC=Nc2ccc(Br)cc21. The van der Waals surface area contributed by atoms with Gasteiger partial charge in [0.25, 0.3) is 0 Å². The summed E-state index contributed by atoms with van der Waals surface area (Å²) < 4.78 is 3.97. The third-order valence-electron chi connectivity index (χ3n) is 1.49. The molecule has 1 aliphatic heterocycles. The number of rotatable bonds is 0. The van der Waals surface area contributed by atoms with E-state index in [9.17, 15) is 0 Å². The van der Waals surface area contributed by atoms with Gasteiger partial charge in [-0.05, 0) is 18.2 Å². The van der Waals surface area contributed by atoms with Crippen molar-refractivity contribution in [3.63, 3.8) is 0 Å². The average Bonchev–Trinajstić information content (AvgIpc) is 2.07. The van der Waals surface area contributed by atoms with Gasteiger partial charge in [-0.3, -0.25) is 4.99 Å². The van der Waals surface area contributed by atoms with E-state index in [0.29, 0.717) is 0 Å². The second-order valence-electron chi connectivity index (χ2n) is 2.26. The molecular formula is C8H4BrClIN. The van der Waals surface area contributed by atoms with Gasteiger partial charge >= 0.3 is 0 Å². The van der Waals surface area contributed by atoms with E-state index in [1.54, 1.807) is 0 Å². The highest BCUT2D eigenvalue weighted by molar-refractivity contribution is 14.2. The van der Waals surface area contributed by atoms with E-state index in [1.807, 2.05) is 22.4 Å². The molecule has 0 aliphatic carbocycles. The maximum absolute atomic E-state index is 6.07. The molecular weight excluding hydrogens is 352 g/mol. The van der Waals surface area contributed by atoms with Gasteiger partial charge in [0.1, 0.15) is 0 Å². The van der Waals surface area contributed by atoms with Crippen LogP contribution < -0.4 is 0 Å². The van der Waals surface area contributed by atoms with Crippen molar-refractivity contribution in [2.75, 3.05) is 0 Å². The molecule has 1 aliphatic rings. The van der Waals surface area contributed by atoms with Gasteiger partial charge in [0.2, 0.25) is 0 Å². The van der Waals surface area contributed by atoms with Crippen molar-refractivity contribution >= 4 is 61.1 Å². The first-order valence-electron chi connectivity index (χ1n) is 3.26. The fourth-order valence-corrected chi connectivity index (χ4v) is 3.16. The van der Waals surface area contributed by atoms with E-state index < -0.39 is 0 Å². The molecule has 1 aromatic rings. The minimum atomic E-state index is -0.180. The maximum atomic E-state index is 6.07. The van der Waals surface area contributed by atoms with Gasteiger partial charge in [0.05, 0.1) is 12.9 Å². The van der Waals surface area contributed by atoms with Crippen molar-refractivity contribution in [1.82, 2.24) is 0 Å². The Morgan fingerprint density at radius 2 is 2.25 bits per heavy atom. The van der Waals surface area contributed by atoms with Gasteiger partial charge in [-0.25, -0.2) is 0 Å². The lowest BCUT2D eigenvalue weighted by atomic mass is 10.2. The van der Waals surface area contributed by atoms with E-state index in [-0.39, 0.29) is 20.7 Å². The largest absolute Gasteiger partial charge is 0.250 e. The fraction of sp³-hybridized carbons (Fsp3) is 0. The molecule has 0 spiro atoms. The van der Waals surface area contributed by atoms with Crippen molar-refractivity contribution in [2.24, 2.45) is 4.99 Å². The monoisotopic (exact) mass is 355 g/mol. The van der Waals surface area contributed by atoms with E-state index in [1.165, 1.54) is 0 Å². The lowest BCUT2D eigenvalue weighted by Crippen LogP contribution is -1.91. The Balaban J connectivity index is 2.66. The van der Waals surface area contributed by atoms with Gasteiger partial charge in [-0.2, -0.15) is 0 Å². The predicted octanol–water partition coefficient (Wildman–Crippen LogP) is 3.81. The Morgan fingerprint density at radius 1 is 1.42 bits per heavy atom. The average molecular weight is 356 g/mol. The van der Waals surface area contributed by atoms with Gasteiger partial charge in [0.15, 0.2) is 0 Å². The Bertz CT molecular complexity index is 387. The van der Waals surface area contributed by atoms with Gasteiger partial charge in [-0.1, -0.05) is 48.3 Å². The first kappa shape index (κ1) is 8.84. The molecule has 12 heavy (non-hydrogen) atoms. The molecule has 0 saturated carbocycles. The summed E-state index contributed by atoms with van der Waals surface area (Å²) in [7, 11) is 0. The van der Waals surface area contributed by atoms with Crippen LogP contribution in [-0.2, 0) is 0 Å². The highest BCUT2D eigenvalue weighted by atomic mass is 127. The third kappa shape index (κ3) is 1.63. The molecule has 0 unspecified atom stereocenters. The number of aliphatic imine (C=N–C) groups is 1. The highest BCUT2D eigenvalue weighted by Crippen LogP contribution is 2.30. The molecule has 0 amide bonds. The lowest BCUT2D eigenvalue weighted by Gasteiger charge is -2.06. The fourth-order valence-electron chi connectivity index (χ4n) is 0.951. The number of hydrogen-bond donors (Lipinski definition) is 0. The van der Waals surface area contributed by atoms with Crippen LogP contribution in [0.4, 0.5) is 5.69 Å². The molecule has 0 fully saturated rings. The standard InChI is InChI=1S/C8H4BrClIN/c9-5-1-2-7-6(3-5)8(10)11-4-12-7/h1-4H. The number of nitrogens with zero attached hydrogens (tertiary/aromatic N) is 1. The number of benzene rings is 1. The van der Waals surface area contributed by atoms with E-state index >= 15 is 0 Å². The number of fused-ring (bicyclic) bond motifs is 1. The smallest absolute Gasteiger partial charge is 0.0843 e. The van der Waals surface area contributed by atoms with Crippen LogP contribution in [0.2, 0.25) is 0 Å². The summed E-state index contributed by atoms with van der Waals surface area (Å²) >= 11 is 9.30. The van der Waals surface area contributed by atoms with Crippen LogP contribution in [0.25, 0.3) is 0 Å². The highest BCUT2D eigenvalue weighted by Gasteiger charge is 2.08. The minimum absolute atomic E-state index is 0.180. The molecule has 0 saturated heterocycles. The Morgan fingerprint density at radius 3 is 3.08 bits per heavy atom. The second-order valence-corrected chi connectivity index (χ2v) is 6.45. The Labute approximate surface area is 93.7 Å². The Hall–Kier alpha value is 0.260. The zero-order valence-corrected chi connectivity index (χ0v) is 10.4. The first-order chi connectivity index (χ1) is 5.77. The summed E-state index contributed by atoms with van der Waals surface area (Å²) in [5, 5.41) is 0. The van der Waals surface area contributed by atoms with Gasteiger partial charge in [-0.15, -0.1) is 0 Å². The molecule has 62 valence electrons. The van der Waals surface area contributed by atoms with Crippen LogP contribution in [0, 0.1) is 0 Å². The van der Waals surface area contributed by atoms with E-state index in [2.05, 4.69) is 20.9 Å². The topological polar surface area (TPSA) is 12.4 Å². The summed E-state index contributed by atoms with van der Waals surface area (Å²) in [6.45, 7) is 0. The minimum Gasteiger partial charge on any atom is -0.250 e. The summed E-state index contributed by atoms with van der Waals surface area (Å²) in [5.41, 5.74) is 2.07. The van der Waals surface area contributed by atoms with Crippen LogP contribution in [0.15, 0.2) is 27.7 Å². The van der Waals surface area contributed by atoms with Crippen LogP contribution in [0.5, 0.6) is 0 Å². The van der Waals surface area contributed by atoms with E-state index in [0.717, 1.165) is 18.7 Å². The molecule has 0 N–H and O–H groups in total. The molecule has 4 heteroatoms. The molecule has 1 heterocycles. The van der Waals surface area contributed by atoms with Gasteiger partial charge in [0, 0.05) is 10.0 Å². The maximum Gasteiger partial charge on any atom is 0.0843 e. The van der Waals surface area contributed by atoms with Crippen LogP contribution in [0.3, 0.4) is 0 Å². The summed E-state index contributed by atoms with van der Waals surface area (Å²) in [6.07, 6.45) is 0. The van der Waals surface area contributed by atoms with Crippen LogP contribution in [0.1, 0.15) is 5.56 Å². The normalized spacial score (nSPS) is 14.7. The zero-order valence-electron chi connectivity index (χ0n) is 5.89. The van der Waals surface area contributed by atoms with Crippen LogP contribution in [-0.4, -0.2) is 7.19 Å². The van der Waals surface area contributed by atoms with Crippen molar-refractivity contribution < 1.29 is 0 Å². The third-order valence-corrected chi connectivity index (χ3v) is 4.43. The van der Waals surface area contributed by atoms with Gasteiger partial charge < -0.3 is 0 Å². The van der Waals surface area contributed by atoms with E-state index in [4.69, 9.17) is 11.6 Å². The quantitative estimate of drug-likeness (QED) is 0.627. The number of halogens is 3. The molecule has 1 nitrogen and oxygen atoms in total. The number of hydrogen-bond acceptors (Lipinski definition) is 1. The predicted molar refractivity (Wildman–Crippen MR) is 66.3 cm³/mol. The summed E-state index contributed by atoms with van der Waals surface area (Å²) in [5.74, 6) is 0. The molecule has 0 atom stereocenters. The van der Waals surface area contributed by atoms with Crippen molar-refractivity contribution in [1.29, 1.82) is 0 Å². The van der Waals surface area contributed by atoms with Crippen molar-refractivity contribution in [3.8, 4) is 0 Å². The first-order valence-corrected chi connectivity index (χ1v) is 6.75.